The van der Waals surface area contributed by atoms with E-state index in [2.05, 4.69) is 10.5 Å². The third-order valence-electron chi connectivity index (χ3n) is 1.70. The van der Waals surface area contributed by atoms with E-state index in [0.717, 1.165) is 0 Å². The first-order valence-corrected chi connectivity index (χ1v) is 3.93. The van der Waals surface area contributed by atoms with E-state index in [1.54, 1.807) is 12.1 Å². The summed E-state index contributed by atoms with van der Waals surface area (Å²) in [5.74, 6) is -0.669. The summed E-state index contributed by atoms with van der Waals surface area (Å²) >= 11 is 0. The number of amides is 1. The van der Waals surface area contributed by atoms with Crippen molar-refractivity contribution < 1.29 is 15.1 Å². The largest absolute Gasteiger partial charge is 0.507 e. The highest BCUT2D eigenvalue weighted by atomic mass is 16.4. The fourth-order valence-electron chi connectivity index (χ4n) is 1.01. The van der Waals surface area contributed by atoms with Crippen molar-refractivity contribution in [2.24, 2.45) is 5.16 Å². The van der Waals surface area contributed by atoms with Gasteiger partial charge in [0.1, 0.15) is 5.75 Å². The first-order valence-electron chi connectivity index (χ1n) is 3.93. The van der Waals surface area contributed by atoms with Gasteiger partial charge in [-0.05, 0) is 12.1 Å². The van der Waals surface area contributed by atoms with Gasteiger partial charge in [0.05, 0.1) is 5.56 Å². The Labute approximate surface area is 80.7 Å². The third kappa shape index (κ3) is 1.82. The van der Waals surface area contributed by atoms with Gasteiger partial charge in [0.25, 0.3) is 5.91 Å². The van der Waals surface area contributed by atoms with Crippen LogP contribution in [0.5, 0.6) is 5.75 Å². The molecule has 74 valence electrons. The number of benzene rings is 1. The van der Waals surface area contributed by atoms with Crippen LogP contribution in [0.15, 0.2) is 29.4 Å². The van der Waals surface area contributed by atoms with Crippen LogP contribution in [0.25, 0.3) is 0 Å². The number of hydrogen-bond donors (Lipinski definition) is 3. The number of nitrogens with zero attached hydrogens (tertiary/aromatic N) is 1. The molecule has 5 nitrogen and oxygen atoms in total. The monoisotopic (exact) mass is 194 g/mol. The number of hydrogen-bond acceptors (Lipinski definition) is 4. The molecule has 5 heteroatoms. The highest BCUT2D eigenvalue weighted by Gasteiger charge is 2.15. The zero-order chi connectivity index (χ0) is 10.6. The molecule has 1 amide bonds. The number of para-hydroxylation sites is 1. The van der Waals surface area contributed by atoms with Crippen LogP contribution in [0.2, 0.25) is 0 Å². The highest BCUT2D eigenvalue weighted by molar-refractivity contribution is 6.45. The Kier molecular flexibility index (Phi) is 3.06. The van der Waals surface area contributed by atoms with Crippen LogP contribution in [0.3, 0.4) is 0 Å². The lowest BCUT2D eigenvalue weighted by Gasteiger charge is -2.04. The Bertz CT molecular complexity index is 374. The van der Waals surface area contributed by atoms with Crippen LogP contribution in [0.1, 0.15) is 5.56 Å². The molecule has 0 bridgehead atoms. The second-order valence-corrected chi connectivity index (χ2v) is 2.54. The number of carbonyl (C=O) groups is 1. The van der Waals surface area contributed by atoms with Crippen LogP contribution in [-0.4, -0.2) is 29.0 Å². The Morgan fingerprint density at radius 2 is 2.07 bits per heavy atom. The topological polar surface area (TPSA) is 81.9 Å². The molecule has 0 saturated carbocycles. The van der Waals surface area contributed by atoms with Gasteiger partial charge in [-0.2, -0.15) is 0 Å². The molecule has 1 aromatic carbocycles. The maximum Gasteiger partial charge on any atom is 0.273 e. The molecule has 0 aliphatic carbocycles. The summed E-state index contributed by atoms with van der Waals surface area (Å²) in [7, 11) is 1.41. The summed E-state index contributed by atoms with van der Waals surface area (Å²) < 4.78 is 0. The first kappa shape index (κ1) is 10.0. The van der Waals surface area contributed by atoms with Crippen LogP contribution in [0, 0.1) is 0 Å². The molecule has 0 spiro atoms. The number of rotatable bonds is 2. The van der Waals surface area contributed by atoms with Gasteiger partial charge >= 0.3 is 0 Å². The minimum atomic E-state index is -0.561. The number of nitrogens with one attached hydrogen (secondary N) is 1. The van der Waals surface area contributed by atoms with Gasteiger partial charge in [-0.1, -0.05) is 17.3 Å². The van der Waals surface area contributed by atoms with Crippen molar-refractivity contribution in [1.29, 1.82) is 0 Å². The van der Waals surface area contributed by atoms with E-state index in [1.807, 2.05) is 0 Å². The highest BCUT2D eigenvalue weighted by Crippen LogP contribution is 2.16. The van der Waals surface area contributed by atoms with Crippen molar-refractivity contribution in [2.45, 2.75) is 0 Å². The molecule has 1 rings (SSSR count). The summed E-state index contributed by atoms with van der Waals surface area (Å²) in [6, 6.07) is 6.13. The molecule has 0 unspecified atom stereocenters. The van der Waals surface area contributed by atoms with Crippen molar-refractivity contribution >= 4 is 11.6 Å². The minimum absolute atomic E-state index is 0.107. The van der Waals surface area contributed by atoms with Gasteiger partial charge in [-0.25, -0.2) is 0 Å². The van der Waals surface area contributed by atoms with Crippen molar-refractivity contribution in [2.75, 3.05) is 7.05 Å². The average Bonchev–Trinajstić information content (AvgIpc) is 2.21. The normalized spacial score (nSPS) is 11.1. The lowest BCUT2D eigenvalue weighted by Crippen LogP contribution is -2.28. The quantitative estimate of drug-likeness (QED) is 0.360. The maximum absolute atomic E-state index is 11.2. The lowest BCUT2D eigenvalue weighted by atomic mass is 10.1. The van der Waals surface area contributed by atoms with Crippen LogP contribution in [-0.2, 0) is 4.79 Å². The van der Waals surface area contributed by atoms with Crippen molar-refractivity contribution in [3.63, 3.8) is 0 Å². The van der Waals surface area contributed by atoms with Gasteiger partial charge in [0.2, 0.25) is 0 Å². The van der Waals surface area contributed by atoms with E-state index in [0.29, 0.717) is 0 Å². The first-order chi connectivity index (χ1) is 6.70. The van der Waals surface area contributed by atoms with E-state index < -0.39 is 5.91 Å². The predicted octanol–water partition coefficient (Wildman–Crippen LogP) is 0.316. The Morgan fingerprint density at radius 1 is 1.43 bits per heavy atom. The predicted molar refractivity (Wildman–Crippen MR) is 50.5 cm³/mol. The van der Waals surface area contributed by atoms with Crippen molar-refractivity contribution in [3.05, 3.63) is 29.8 Å². The molecule has 0 fully saturated rings. The molecule has 0 heterocycles. The second-order valence-electron chi connectivity index (χ2n) is 2.54. The molecule has 0 saturated heterocycles. The van der Waals surface area contributed by atoms with Crippen molar-refractivity contribution in [1.82, 2.24) is 5.32 Å². The molecule has 0 atom stereocenters. The molecular formula is C9H10N2O3. The number of phenolic OH excluding ortho intramolecular Hbond substituents is 1. The molecule has 0 radical (unpaired) electrons. The van der Waals surface area contributed by atoms with Gasteiger partial charge in [-0.15, -0.1) is 0 Å². The number of phenols is 1. The number of likely N-dealkylation sites (N-methyl/N-ethyl adjacent to an activating group) is 1. The van der Waals surface area contributed by atoms with Gasteiger partial charge in [0, 0.05) is 7.05 Å². The van der Waals surface area contributed by atoms with Gasteiger partial charge in [-0.3, -0.25) is 4.79 Å². The molecule has 0 aliphatic heterocycles. The van der Waals surface area contributed by atoms with Crippen LogP contribution < -0.4 is 5.32 Å². The van der Waals surface area contributed by atoms with E-state index >= 15 is 0 Å². The fraction of sp³-hybridized carbons (Fsp3) is 0.111. The van der Waals surface area contributed by atoms with Crippen LogP contribution >= 0.6 is 0 Å². The van der Waals surface area contributed by atoms with Crippen LogP contribution in [0.4, 0.5) is 0 Å². The Balaban J connectivity index is 3.15. The zero-order valence-electron chi connectivity index (χ0n) is 7.56. The third-order valence-corrected chi connectivity index (χ3v) is 1.70. The summed E-state index contributed by atoms with van der Waals surface area (Å²) in [5, 5.41) is 23.1. The smallest absolute Gasteiger partial charge is 0.273 e. The van der Waals surface area contributed by atoms with Crippen molar-refractivity contribution in [3.8, 4) is 5.75 Å². The summed E-state index contributed by atoms with van der Waals surface area (Å²) in [6.45, 7) is 0. The number of aromatic hydroxyl groups is 1. The maximum atomic E-state index is 11.2. The van der Waals surface area contributed by atoms with E-state index in [-0.39, 0.29) is 17.0 Å². The SMILES string of the molecule is CNC(=O)C(=NO)c1ccccc1O. The molecule has 1 aromatic rings. The van der Waals surface area contributed by atoms with Gasteiger partial charge < -0.3 is 15.6 Å². The minimum Gasteiger partial charge on any atom is -0.507 e. The summed E-state index contributed by atoms with van der Waals surface area (Å²) in [5.41, 5.74) is -0.0278. The van der Waals surface area contributed by atoms with E-state index in [1.165, 1.54) is 19.2 Å². The van der Waals surface area contributed by atoms with E-state index in [4.69, 9.17) is 5.21 Å². The lowest BCUT2D eigenvalue weighted by molar-refractivity contribution is -0.114. The summed E-state index contributed by atoms with van der Waals surface area (Å²) in [6.07, 6.45) is 0. The molecule has 0 aliphatic rings. The standard InChI is InChI=1S/C9H10N2O3/c1-10-9(13)8(11-14)6-4-2-3-5-7(6)12/h2-5,12,14H,1H3,(H,10,13). The van der Waals surface area contributed by atoms with E-state index in [9.17, 15) is 9.90 Å². The number of oxime groups is 1. The van der Waals surface area contributed by atoms with Gasteiger partial charge in [0.15, 0.2) is 5.71 Å². The molecule has 3 N–H and O–H groups in total. The average molecular weight is 194 g/mol. The second kappa shape index (κ2) is 4.27. The number of carbonyl (C=O) groups excluding carboxylic acids is 1. The Hall–Kier alpha value is -2.04. The fourth-order valence-corrected chi connectivity index (χ4v) is 1.01. The molecule has 0 aromatic heterocycles. The zero-order valence-corrected chi connectivity index (χ0v) is 7.56. The Morgan fingerprint density at radius 3 is 2.57 bits per heavy atom. The molecule has 14 heavy (non-hydrogen) atoms. The molecular weight excluding hydrogens is 184 g/mol. The summed E-state index contributed by atoms with van der Waals surface area (Å²) in [4.78, 5) is 11.2.